The van der Waals surface area contributed by atoms with E-state index in [4.69, 9.17) is 9.47 Å². The quantitative estimate of drug-likeness (QED) is 0.854. The van der Waals surface area contributed by atoms with Gasteiger partial charge < -0.3 is 14.8 Å². The molecule has 0 saturated heterocycles. The second kappa shape index (κ2) is 7.84. The van der Waals surface area contributed by atoms with Gasteiger partial charge in [0.25, 0.3) is 5.91 Å². The number of ether oxygens (including phenoxy) is 2. The molecule has 0 radical (unpaired) electrons. The molecule has 0 bridgehead atoms. The molecule has 0 unspecified atom stereocenters. The molecule has 4 nitrogen and oxygen atoms in total. The predicted molar refractivity (Wildman–Crippen MR) is 89.7 cm³/mol. The molecular weight excluding hydrogens is 346 g/mol. The van der Waals surface area contributed by atoms with Crippen molar-refractivity contribution in [3.8, 4) is 11.5 Å². The number of nitrogens with one attached hydrogen (secondary N) is 1. The molecule has 0 heterocycles. The van der Waals surface area contributed by atoms with Crippen LogP contribution in [0.25, 0.3) is 0 Å². The lowest BCUT2D eigenvalue weighted by Crippen LogP contribution is -2.25. The van der Waals surface area contributed by atoms with Crippen molar-refractivity contribution >= 4 is 21.8 Å². The maximum Gasteiger partial charge on any atom is 0.251 e. The van der Waals surface area contributed by atoms with Crippen molar-refractivity contribution in [1.29, 1.82) is 0 Å². The standard InChI is InChI=1S/C17H18BrNO3/c1-21-15-10-13(14(18)11-16(15)22-2)8-9-19-17(20)12-6-4-3-5-7-12/h3-7,10-11H,8-9H2,1-2H3,(H,19,20). The highest BCUT2D eigenvalue weighted by Gasteiger charge is 2.10. The molecule has 2 aromatic carbocycles. The summed E-state index contributed by atoms with van der Waals surface area (Å²) in [5, 5.41) is 2.91. The summed E-state index contributed by atoms with van der Waals surface area (Å²) in [6, 6.07) is 12.9. The van der Waals surface area contributed by atoms with Crippen LogP contribution < -0.4 is 14.8 Å². The molecule has 0 fully saturated rings. The van der Waals surface area contributed by atoms with E-state index in [0.717, 1.165) is 10.0 Å². The average Bonchev–Trinajstić information content (AvgIpc) is 2.56. The van der Waals surface area contributed by atoms with E-state index in [9.17, 15) is 4.79 Å². The van der Waals surface area contributed by atoms with E-state index in [0.29, 0.717) is 30.0 Å². The number of carbonyl (C=O) groups excluding carboxylic acids is 1. The Hall–Kier alpha value is -2.01. The van der Waals surface area contributed by atoms with E-state index in [2.05, 4.69) is 21.2 Å². The zero-order valence-corrected chi connectivity index (χ0v) is 14.1. The predicted octanol–water partition coefficient (Wildman–Crippen LogP) is 3.44. The summed E-state index contributed by atoms with van der Waals surface area (Å²) in [6.45, 7) is 0.543. The van der Waals surface area contributed by atoms with Crippen molar-refractivity contribution < 1.29 is 14.3 Å². The monoisotopic (exact) mass is 363 g/mol. The second-order valence-electron chi connectivity index (χ2n) is 4.67. The van der Waals surface area contributed by atoms with Crippen LogP contribution in [0, 0.1) is 0 Å². The van der Waals surface area contributed by atoms with Crippen molar-refractivity contribution in [1.82, 2.24) is 5.32 Å². The van der Waals surface area contributed by atoms with E-state index in [1.54, 1.807) is 26.4 Å². The molecule has 1 N–H and O–H groups in total. The maximum absolute atomic E-state index is 12.0. The number of hydrogen-bond acceptors (Lipinski definition) is 3. The van der Waals surface area contributed by atoms with Crippen LogP contribution in [0.1, 0.15) is 15.9 Å². The molecule has 0 aliphatic heterocycles. The first kappa shape index (κ1) is 16.4. The Morgan fingerprint density at radius 1 is 1.09 bits per heavy atom. The Labute approximate surface area is 138 Å². The first-order valence-electron chi connectivity index (χ1n) is 6.89. The molecule has 0 aliphatic carbocycles. The number of benzene rings is 2. The van der Waals surface area contributed by atoms with E-state index in [1.165, 1.54) is 0 Å². The Kier molecular flexibility index (Phi) is 5.83. The Bertz CT molecular complexity index is 644. The van der Waals surface area contributed by atoms with Crippen LogP contribution in [0.3, 0.4) is 0 Å². The fourth-order valence-corrected chi connectivity index (χ4v) is 2.61. The second-order valence-corrected chi connectivity index (χ2v) is 5.52. The molecule has 2 rings (SSSR count). The van der Waals surface area contributed by atoms with Crippen molar-refractivity contribution in [3.63, 3.8) is 0 Å². The Morgan fingerprint density at radius 2 is 1.73 bits per heavy atom. The van der Waals surface area contributed by atoms with Crippen molar-refractivity contribution in [2.75, 3.05) is 20.8 Å². The van der Waals surface area contributed by atoms with Crippen LogP contribution in [0.5, 0.6) is 11.5 Å². The highest BCUT2D eigenvalue weighted by atomic mass is 79.9. The summed E-state index contributed by atoms with van der Waals surface area (Å²) in [5.74, 6) is 1.28. The summed E-state index contributed by atoms with van der Waals surface area (Å²) in [4.78, 5) is 12.0. The molecule has 2 aromatic rings. The molecular formula is C17H18BrNO3. The van der Waals surface area contributed by atoms with E-state index < -0.39 is 0 Å². The van der Waals surface area contributed by atoms with Gasteiger partial charge in [-0.05, 0) is 36.2 Å². The smallest absolute Gasteiger partial charge is 0.251 e. The zero-order chi connectivity index (χ0) is 15.9. The third-order valence-electron chi connectivity index (χ3n) is 3.27. The molecule has 0 atom stereocenters. The van der Waals surface area contributed by atoms with Gasteiger partial charge in [0.05, 0.1) is 14.2 Å². The first-order chi connectivity index (χ1) is 10.7. The zero-order valence-electron chi connectivity index (χ0n) is 12.6. The molecule has 0 saturated carbocycles. The summed E-state index contributed by atoms with van der Waals surface area (Å²) < 4.78 is 11.5. The van der Waals surface area contributed by atoms with E-state index in [1.807, 2.05) is 30.3 Å². The van der Waals surface area contributed by atoms with Crippen LogP contribution in [0.2, 0.25) is 0 Å². The minimum Gasteiger partial charge on any atom is -0.493 e. The fraction of sp³-hybridized carbons (Fsp3) is 0.235. The number of rotatable bonds is 6. The summed E-state index contributed by atoms with van der Waals surface area (Å²) in [6.07, 6.45) is 0.694. The van der Waals surface area contributed by atoms with Gasteiger partial charge in [-0.2, -0.15) is 0 Å². The topological polar surface area (TPSA) is 47.6 Å². The fourth-order valence-electron chi connectivity index (χ4n) is 2.09. The van der Waals surface area contributed by atoms with Crippen molar-refractivity contribution in [3.05, 3.63) is 58.1 Å². The maximum atomic E-state index is 12.0. The summed E-state index contributed by atoms with van der Waals surface area (Å²) in [7, 11) is 3.21. The highest BCUT2D eigenvalue weighted by Crippen LogP contribution is 2.33. The van der Waals surface area contributed by atoms with Gasteiger partial charge in [0.2, 0.25) is 0 Å². The lowest BCUT2D eigenvalue weighted by atomic mass is 10.1. The van der Waals surface area contributed by atoms with Gasteiger partial charge >= 0.3 is 0 Å². The van der Waals surface area contributed by atoms with Gasteiger partial charge in [-0.1, -0.05) is 34.1 Å². The van der Waals surface area contributed by atoms with Crippen LogP contribution in [0.4, 0.5) is 0 Å². The number of amides is 1. The van der Waals surface area contributed by atoms with Gasteiger partial charge in [0.1, 0.15) is 0 Å². The molecule has 1 amide bonds. The largest absolute Gasteiger partial charge is 0.493 e. The number of carbonyl (C=O) groups is 1. The lowest BCUT2D eigenvalue weighted by Gasteiger charge is -2.12. The van der Waals surface area contributed by atoms with Gasteiger partial charge in [-0.15, -0.1) is 0 Å². The minimum absolute atomic E-state index is 0.0720. The van der Waals surface area contributed by atoms with Crippen LogP contribution in [0.15, 0.2) is 46.9 Å². The van der Waals surface area contributed by atoms with Crippen LogP contribution >= 0.6 is 15.9 Å². The van der Waals surface area contributed by atoms with Crippen molar-refractivity contribution in [2.45, 2.75) is 6.42 Å². The van der Waals surface area contributed by atoms with Gasteiger partial charge in [0, 0.05) is 16.6 Å². The lowest BCUT2D eigenvalue weighted by molar-refractivity contribution is 0.0954. The minimum atomic E-state index is -0.0720. The molecule has 116 valence electrons. The molecule has 5 heteroatoms. The van der Waals surface area contributed by atoms with Gasteiger partial charge in [0.15, 0.2) is 11.5 Å². The van der Waals surface area contributed by atoms with Crippen LogP contribution in [-0.2, 0) is 6.42 Å². The molecule has 0 aliphatic rings. The highest BCUT2D eigenvalue weighted by molar-refractivity contribution is 9.10. The third kappa shape index (κ3) is 4.01. The number of methoxy groups -OCH3 is 2. The van der Waals surface area contributed by atoms with Gasteiger partial charge in [-0.25, -0.2) is 0 Å². The third-order valence-corrected chi connectivity index (χ3v) is 4.01. The van der Waals surface area contributed by atoms with Crippen molar-refractivity contribution in [2.24, 2.45) is 0 Å². The molecule has 22 heavy (non-hydrogen) atoms. The van der Waals surface area contributed by atoms with E-state index >= 15 is 0 Å². The summed E-state index contributed by atoms with van der Waals surface area (Å²) >= 11 is 3.52. The Morgan fingerprint density at radius 3 is 2.36 bits per heavy atom. The molecule has 0 aromatic heterocycles. The molecule has 0 spiro atoms. The normalized spacial score (nSPS) is 10.1. The average molecular weight is 364 g/mol. The number of halogens is 1. The SMILES string of the molecule is COc1cc(Br)c(CCNC(=O)c2ccccc2)cc1OC. The first-order valence-corrected chi connectivity index (χ1v) is 7.68. The Balaban J connectivity index is 1.98. The van der Waals surface area contributed by atoms with Crippen LogP contribution in [-0.4, -0.2) is 26.7 Å². The van der Waals surface area contributed by atoms with Gasteiger partial charge in [-0.3, -0.25) is 4.79 Å². The number of hydrogen-bond donors (Lipinski definition) is 1. The summed E-state index contributed by atoms with van der Waals surface area (Å²) in [5.41, 5.74) is 1.71. The van der Waals surface area contributed by atoms with E-state index in [-0.39, 0.29) is 5.91 Å².